The molecule has 0 aromatic heterocycles. The maximum absolute atomic E-state index is 13.0. The molecule has 3 nitrogen and oxygen atoms in total. The van der Waals surface area contributed by atoms with Gasteiger partial charge in [-0.05, 0) is 80.6 Å². The summed E-state index contributed by atoms with van der Waals surface area (Å²) in [5.74, 6) is 2.24. The first-order valence-corrected chi connectivity index (χ1v) is 9.68. The van der Waals surface area contributed by atoms with Crippen LogP contribution in [0.1, 0.15) is 38.5 Å². The minimum Gasteiger partial charge on any atom is -0.330 e. The van der Waals surface area contributed by atoms with E-state index in [1.54, 1.807) is 18.2 Å². The topological polar surface area (TPSA) is 41.1 Å². The second-order valence-electron chi connectivity index (χ2n) is 7.70. The lowest BCUT2D eigenvalue weighted by molar-refractivity contribution is -0.144. The average molecular weight is 383 g/mol. The molecule has 4 aliphatic carbocycles. The Morgan fingerprint density at radius 2 is 1.54 bits per heavy atom. The highest BCUT2D eigenvalue weighted by atomic mass is 35.5. The van der Waals surface area contributed by atoms with Crippen LogP contribution in [-0.2, 0) is 4.79 Å². The second kappa shape index (κ2) is 6.15. The fourth-order valence-corrected chi connectivity index (χ4v) is 6.07. The number of anilines is 1. The van der Waals surface area contributed by atoms with Gasteiger partial charge in [-0.1, -0.05) is 29.3 Å². The van der Waals surface area contributed by atoms with E-state index >= 15 is 0 Å². The van der Waals surface area contributed by atoms with Crippen molar-refractivity contribution in [2.75, 3.05) is 5.32 Å². The van der Waals surface area contributed by atoms with Crippen molar-refractivity contribution >= 4 is 52.1 Å². The summed E-state index contributed by atoms with van der Waals surface area (Å²) in [5.41, 5.74) is 0.321. The van der Waals surface area contributed by atoms with Gasteiger partial charge >= 0.3 is 0 Å². The quantitative estimate of drug-likeness (QED) is 0.705. The number of nitrogens with one attached hydrogen (secondary N) is 2. The Labute approximate surface area is 157 Å². The van der Waals surface area contributed by atoms with Crippen molar-refractivity contribution in [3.8, 4) is 0 Å². The van der Waals surface area contributed by atoms with Gasteiger partial charge in [0.05, 0.1) is 21.1 Å². The number of carbonyl (C=O) groups excluding carboxylic acids is 1. The molecule has 0 heterocycles. The smallest absolute Gasteiger partial charge is 0.232 e. The average Bonchev–Trinajstić information content (AvgIpc) is 2.49. The molecule has 0 saturated heterocycles. The lowest BCUT2D eigenvalue weighted by Crippen LogP contribution is -2.55. The minimum absolute atomic E-state index is 0.0716. The molecule has 4 fully saturated rings. The Morgan fingerprint density at radius 1 is 1.04 bits per heavy atom. The van der Waals surface area contributed by atoms with Crippen LogP contribution in [0.2, 0.25) is 10.0 Å². The van der Waals surface area contributed by atoms with Gasteiger partial charge in [-0.2, -0.15) is 0 Å². The normalized spacial score (nSPS) is 33.3. The molecule has 0 unspecified atom stereocenters. The fourth-order valence-electron chi connectivity index (χ4n) is 5.39. The first-order chi connectivity index (χ1) is 11.4. The summed E-state index contributed by atoms with van der Waals surface area (Å²) < 4.78 is 0. The molecule has 0 aliphatic heterocycles. The van der Waals surface area contributed by atoms with Crippen LogP contribution in [0.3, 0.4) is 0 Å². The number of benzene rings is 1. The van der Waals surface area contributed by atoms with Crippen molar-refractivity contribution in [3.05, 3.63) is 28.2 Å². The maximum atomic E-state index is 13.0. The van der Waals surface area contributed by atoms with E-state index in [0.717, 1.165) is 37.0 Å². The third kappa shape index (κ3) is 2.93. The fraction of sp³-hybridized carbons (Fsp3) is 0.556. The van der Waals surface area contributed by atoms with E-state index in [0.29, 0.717) is 15.7 Å². The highest BCUT2D eigenvalue weighted by Gasteiger charge is 2.54. The van der Waals surface area contributed by atoms with E-state index < -0.39 is 0 Å². The zero-order valence-electron chi connectivity index (χ0n) is 13.3. The van der Waals surface area contributed by atoms with Gasteiger partial charge in [-0.3, -0.25) is 4.79 Å². The standard InChI is InChI=1S/C18H20Cl2N2OS/c19-13-2-1-3-14(20)15(13)21-17(24)22-16(23)18-7-10-4-11(8-18)6-12(5-10)9-18/h1-3,10-12H,4-9H2,(H2,21,22,23,24). The predicted octanol–water partition coefficient (Wildman–Crippen LogP) is 5.02. The van der Waals surface area contributed by atoms with Crippen LogP contribution >= 0.6 is 35.4 Å². The number of amides is 1. The van der Waals surface area contributed by atoms with Gasteiger partial charge < -0.3 is 10.6 Å². The molecule has 0 atom stereocenters. The largest absolute Gasteiger partial charge is 0.330 e. The summed E-state index contributed by atoms with van der Waals surface area (Å²) in [6, 6.07) is 5.24. The molecule has 24 heavy (non-hydrogen) atoms. The summed E-state index contributed by atoms with van der Waals surface area (Å²) >= 11 is 17.6. The molecule has 1 amide bonds. The van der Waals surface area contributed by atoms with Crippen LogP contribution in [0.15, 0.2) is 18.2 Å². The number of halogens is 2. The van der Waals surface area contributed by atoms with Crippen LogP contribution < -0.4 is 10.6 Å². The Bertz CT molecular complexity index is 651. The number of carbonyl (C=O) groups is 1. The monoisotopic (exact) mass is 382 g/mol. The zero-order chi connectivity index (χ0) is 16.9. The van der Waals surface area contributed by atoms with E-state index in [9.17, 15) is 4.79 Å². The first kappa shape index (κ1) is 16.6. The minimum atomic E-state index is -0.217. The summed E-state index contributed by atoms with van der Waals surface area (Å²) in [6.45, 7) is 0. The van der Waals surface area contributed by atoms with Gasteiger partial charge in [0.1, 0.15) is 0 Å². The summed E-state index contributed by atoms with van der Waals surface area (Å²) in [5, 5.41) is 7.11. The van der Waals surface area contributed by atoms with Gasteiger partial charge in [0.15, 0.2) is 5.11 Å². The zero-order valence-corrected chi connectivity index (χ0v) is 15.6. The Hall–Kier alpha value is -0.840. The van der Waals surface area contributed by atoms with E-state index in [-0.39, 0.29) is 16.4 Å². The molecule has 1 aromatic rings. The third-order valence-electron chi connectivity index (χ3n) is 5.95. The summed E-state index contributed by atoms with van der Waals surface area (Å²) in [7, 11) is 0. The number of hydrogen-bond donors (Lipinski definition) is 2. The number of thiocarbonyl (C=S) groups is 1. The van der Waals surface area contributed by atoms with Gasteiger partial charge in [0.2, 0.25) is 5.91 Å². The molecule has 0 spiro atoms. The molecule has 4 saturated carbocycles. The van der Waals surface area contributed by atoms with Gasteiger partial charge in [0.25, 0.3) is 0 Å². The Morgan fingerprint density at radius 3 is 2.04 bits per heavy atom. The highest BCUT2D eigenvalue weighted by Crippen LogP contribution is 2.60. The Kier molecular flexibility index (Phi) is 4.26. The molecule has 4 aliphatic rings. The molecular formula is C18H20Cl2N2OS. The SMILES string of the molecule is O=C(NC(=S)Nc1c(Cl)cccc1Cl)C12CC3CC(CC(C3)C1)C2. The van der Waals surface area contributed by atoms with Gasteiger partial charge in [-0.15, -0.1) is 0 Å². The van der Waals surface area contributed by atoms with Crippen LogP contribution in [-0.4, -0.2) is 11.0 Å². The molecule has 1 aromatic carbocycles. The molecular weight excluding hydrogens is 363 g/mol. The molecule has 4 bridgehead atoms. The Balaban J connectivity index is 1.45. The molecule has 2 N–H and O–H groups in total. The van der Waals surface area contributed by atoms with Crippen LogP contribution in [0, 0.1) is 23.2 Å². The van der Waals surface area contributed by atoms with E-state index in [2.05, 4.69) is 10.6 Å². The van der Waals surface area contributed by atoms with E-state index in [1.165, 1.54) is 19.3 Å². The van der Waals surface area contributed by atoms with Crippen molar-refractivity contribution < 1.29 is 4.79 Å². The lowest BCUT2D eigenvalue weighted by Gasteiger charge is -2.55. The first-order valence-electron chi connectivity index (χ1n) is 8.52. The van der Waals surface area contributed by atoms with Crippen LogP contribution in [0.4, 0.5) is 5.69 Å². The molecule has 5 rings (SSSR count). The van der Waals surface area contributed by atoms with Gasteiger partial charge in [0, 0.05) is 0 Å². The second-order valence-corrected chi connectivity index (χ2v) is 8.93. The number of para-hydroxylation sites is 1. The highest BCUT2D eigenvalue weighted by molar-refractivity contribution is 7.80. The summed E-state index contributed by atoms with van der Waals surface area (Å²) in [4.78, 5) is 13.0. The van der Waals surface area contributed by atoms with Gasteiger partial charge in [-0.25, -0.2) is 0 Å². The van der Waals surface area contributed by atoms with E-state index in [4.69, 9.17) is 35.4 Å². The van der Waals surface area contributed by atoms with Crippen molar-refractivity contribution in [1.29, 1.82) is 0 Å². The van der Waals surface area contributed by atoms with Crippen molar-refractivity contribution in [2.24, 2.45) is 23.2 Å². The van der Waals surface area contributed by atoms with Crippen molar-refractivity contribution in [2.45, 2.75) is 38.5 Å². The summed E-state index contributed by atoms with van der Waals surface area (Å²) in [6.07, 6.45) is 6.97. The van der Waals surface area contributed by atoms with Crippen LogP contribution in [0.5, 0.6) is 0 Å². The van der Waals surface area contributed by atoms with Crippen LogP contribution in [0.25, 0.3) is 0 Å². The number of hydrogen-bond acceptors (Lipinski definition) is 2. The lowest BCUT2D eigenvalue weighted by atomic mass is 9.49. The molecule has 128 valence electrons. The molecule has 0 radical (unpaired) electrons. The third-order valence-corrected chi connectivity index (χ3v) is 6.78. The van der Waals surface area contributed by atoms with Crippen molar-refractivity contribution in [1.82, 2.24) is 5.32 Å². The van der Waals surface area contributed by atoms with E-state index in [1.807, 2.05) is 0 Å². The maximum Gasteiger partial charge on any atom is 0.232 e. The molecule has 6 heteroatoms. The predicted molar refractivity (Wildman–Crippen MR) is 101 cm³/mol. The number of rotatable bonds is 2. The van der Waals surface area contributed by atoms with Crippen molar-refractivity contribution in [3.63, 3.8) is 0 Å².